The number of hydrogen-bond donors (Lipinski definition) is 0. The van der Waals surface area contributed by atoms with Crippen molar-refractivity contribution in [2.24, 2.45) is 0 Å². The minimum absolute atomic E-state index is 0.0806. The zero-order valence-corrected chi connectivity index (χ0v) is 17.6. The van der Waals surface area contributed by atoms with Crippen LogP contribution in [0.2, 0.25) is 0 Å². The summed E-state index contributed by atoms with van der Waals surface area (Å²) in [5.41, 5.74) is 1.52. The van der Waals surface area contributed by atoms with Crippen LogP contribution in [0.15, 0.2) is 65.6 Å². The van der Waals surface area contributed by atoms with Crippen molar-refractivity contribution in [1.29, 1.82) is 0 Å². The number of carboxylic acid groups (broad SMARTS) is 1. The lowest BCUT2D eigenvalue weighted by atomic mass is 10.0. The SMILES string of the molecule is C#CCN1C(=O)S/C(=C/c2c(OCc3ccc(C(=O)[O-])cc3)ccc3ccccc23)C1=O. The van der Waals surface area contributed by atoms with Crippen LogP contribution in [0.5, 0.6) is 5.75 Å². The third kappa shape index (κ3) is 4.22. The Labute approximate surface area is 188 Å². The van der Waals surface area contributed by atoms with Gasteiger partial charge in [0.05, 0.1) is 17.4 Å². The molecule has 2 amide bonds. The Hall–Kier alpha value is -4.02. The highest BCUT2D eigenvalue weighted by molar-refractivity contribution is 8.18. The fraction of sp³-hybridized carbons (Fsp3) is 0.0800. The monoisotopic (exact) mass is 442 g/mol. The van der Waals surface area contributed by atoms with E-state index in [1.807, 2.05) is 30.3 Å². The summed E-state index contributed by atoms with van der Waals surface area (Å²) in [6.07, 6.45) is 6.92. The van der Waals surface area contributed by atoms with Crippen molar-refractivity contribution in [2.45, 2.75) is 6.61 Å². The molecule has 32 heavy (non-hydrogen) atoms. The number of nitrogens with zero attached hydrogens (tertiary/aromatic N) is 1. The average Bonchev–Trinajstić information content (AvgIpc) is 3.06. The van der Waals surface area contributed by atoms with E-state index < -0.39 is 17.1 Å². The molecule has 158 valence electrons. The maximum absolute atomic E-state index is 12.7. The molecule has 1 aliphatic rings. The highest BCUT2D eigenvalue weighted by Crippen LogP contribution is 2.37. The summed E-state index contributed by atoms with van der Waals surface area (Å²) in [4.78, 5) is 37.0. The molecule has 1 aliphatic heterocycles. The molecule has 4 rings (SSSR count). The Bertz CT molecular complexity index is 1300. The maximum Gasteiger partial charge on any atom is 0.294 e. The highest BCUT2D eigenvalue weighted by Gasteiger charge is 2.34. The molecule has 0 spiro atoms. The number of benzene rings is 3. The minimum Gasteiger partial charge on any atom is -0.545 e. The highest BCUT2D eigenvalue weighted by atomic mass is 32.2. The quantitative estimate of drug-likeness (QED) is 0.429. The van der Waals surface area contributed by atoms with Crippen LogP contribution in [-0.4, -0.2) is 28.6 Å². The van der Waals surface area contributed by atoms with E-state index in [1.54, 1.807) is 24.3 Å². The van der Waals surface area contributed by atoms with Gasteiger partial charge in [-0.05, 0) is 45.8 Å². The third-order valence-corrected chi connectivity index (χ3v) is 5.82. The van der Waals surface area contributed by atoms with Gasteiger partial charge in [-0.15, -0.1) is 6.42 Å². The first-order valence-electron chi connectivity index (χ1n) is 9.61. The number of ether oxygens (including phenoxy) is 1. The van der Waals surface area contributed by atoms with Crippen LogP contribution in [0.3, 0.4) is 0 Å². The standard InChI is InChI=1S/C25H17NO5S/c1-2-13-26-23(27)22(32-25(26)30)14-20-19-6-4-3-5-17(19)11-12-21(20)31-15-16-7-9-18(10-8-16)24(28)29/h1,3-12,14H,13,15H2,(H,28,29)/p-1/b22-14+. The van der Waals surface area contributed by atoms with Gasteiger partial charge in [-0.2, -0.15) is 0 Å². The molecular weight excluding hydrogens is 426 g/mol. The van der Waals surface area contributed by atoms with Gasteiger partial charge in [-0.3, -0.25) is 14.5 Å². The largest absolute Gasteiger partial charge is 0.545 e. The Balaban J connectivity index is 1.69. The molecule has 7 heteroatoms. The molecule has 1 heterocycles. The predicted octanol–water partition coefficient (Wildman–Crippen LogP) is 3.45. The van der Waals surface area contributed by atoms with E-state index in [2.05, 4.69) is 5.92 Å². The van der Waals surface area contributed by atoms with Crippen LogP contribution in [0.25, 0.3) is 16.8 Å². The van der Waals surface area contributed by atoms with Gasteiger partial charge in [0.1, 0.15) is 12.4 Å². The van der Waals surface area contributed by atoms with E-state index in [0.29, 0.717) is 11.3 Å². The van der Waals surface area contributed by atoms with Crippen molar-refractivity contribution < 1.29 is 24.2 Å². The third-order valence-electron chi connectivity index (χ3n) is 4.91. The summed E-state index contributed by atoms with van der Waals surface area (Å²) in [5.74, 6) is 1.17. The van der Waals surface area contributed by atoms with Crippen molar-refractivity contribution in [2.75, 3.05) is 6.54 Å². The fourth-order valence-corrected chi connectivity index (χ4v) is 4.13. The van der Waals surface area contributed by atoms with E-state index in [0.717, 1.165) is 33.0 Å². The predicted molar refractivity (Wildman–Crippen MR) is 121 cm³/mol. The normalized spacial score (nSPS) is 14.7. The molecule has 0 radical (unpaired) electrons. The van der Waals surface area contributed by atoms with Crippen LogP contribution in [-0.2, 0) is 11.4 Å². The molecule has 6 nitrogen and oxygen atoms in total. The maximum atomic E-state index is 12.7. The number of thioether (sulfide) groups is 1. The van der Waals surface area contributed by atoms with E-state index in [4.69, 9.17) is 11.2 Å². The molecular formula is C25H16NO5S-. The summed E-state index contributed by atoms with van der Waals surface area (Å²) >= 11 is 0.839. The number of amides is 2. The van der Waals surface area contributed by atoms with Crippen molar-refractivity contribution in [3.05, 3.63) is 82.3 Å². The average molecular weight is 442 g/mol. The number of imide groups is 1. The second kappa shape index (κ2) is 9.00. The molecule has 1 fully saturated rings. The zero-order valence-electron chi connectivity index (χ0n) is 16.7. The molecule has 0 N–H and O–H groups in total. The van der Waals surface area contributed by atoms with E-state index in [1.165, 1.54) is 12.1 Å². The van der Waals surface area contributed by atoms with Gasteiger partial charge in [0.2, 0.25) is 0 Å². The molecule has 1 saturated heterocycles. The Morgan fingerprint density at radius 2 is 1.84 bits per heavy atom. The molecule has 0 aromatic heterocycles. The van der Waals surface area contributed by atoms with Crippen molar-refractivity contribution in [3.63, 3.8) is 0 Å². The summed E-state index contributed by atoms with van der Waals surface area (Å²) in [6.45, 7) is 0.105. The van der Waals surface area contributed by atoms with Gasteiger partial charge < -0.3 is 14.6 Å². The number of carboxylic acids is 1. The zero-order chi connectivity index (χ0) is 22.7. The first-order chi connectivity index (χ1) is 15.5. The number of terminal acetylenes is 1. The number of rotatable bonds is 6. The summed E-state index contributed by atoms with van der Waals surface area (Å²) in [7, 11) is 0. The lowest BCUT2D eigenvalue weighted by molar-refractivity contribution is -0.255. The van der Waals surface area contributed by atoms with E-state index in [-0.39, 0.29) is 23.6 Å². The summed E-state index contributed by atoms with van der Waals surface area (Å²) in [6, 6.07) is 17.6. The molecule has 3 aromatic rings. The lowest BCUT2D eigenvalue weighted by Gasteiger charge is -2.13. The molecule has 0 saturated carbocycles. The van der Waals surface area contributed by atoms with Gasteiger partial charge in [0.25, 0.3) is 11.1 Å². The van der Waals surface area contributed by atoms with Crippen LogP contribution in [0, 0.1) is 12.3 Å². The van der Waals surface area contributed by atoms with E-state index in [9.17, 15) is 19.5 Å². The summed E-state index contributed by atoms with van der Waals surface area (Å²) in [5, 5.41) is 12.3. The van der Waals surface area contributed by atoms with Gasteiger partial charge in [0, 0.05) is 5.56 Å². The summed E-state index contributed by atoms with van der Waals surface area (Å²) < 4.78 is 6.02. The Kier molecular flexibility index (Phi) is 5.97. The lowest BCUT2D eigenvalue weighted by Crippen LogP contribution is -2.28. The Morgan fingerprint density at radius 1 is 1.09 bits per heavy atom. The number of aromatic carboxylic acids is 1. The Morgan fingerprint density at radius 3 is 2.56 bits per heavy atom. The number of carbonyl (C=O) groups is 3. The molecule has 3 aromatic carbocycles. The molecule has 0 bridgehead atoms. The van der Waals surface area contributed by atoms with Crippen molar-refractivity contribution in [3.8, 4) is 18.1 Å². The first-order valence-corrected chi connectivity index (χ1v) is 10.4. The second-order valence-electron chi connectivity index (χ2n) is 6.94. The van der Waals surface area contributed by atoms with E-state index >= 15 is 0 Å². The fourth-order valence-electron chi connectivity index (χ4n) is 3.31. The van der Waals surface area contributed by atoms with Gasteiger partial charge in [-0.25, -0.2) is 0 Å². The van der Waals surface area contributed by atoms with Crippen LogP contribution < -0.4 is 9.84 Å². The number of hydrogen-bond acceptors (Lipinski definition) is 6. The second-order valence-corrected chi connectivity index (χ2v) is 7.94. The topological polar surface area (TPSA) is 86.7 Å². The first kappa shape index (κ1) is 21.2. The van der Waals surface area contributed by atoms with Gasteiger partial charge in [-0.1, -0.05) is 60.5 Å². The molecule has 0 unspecified atom stereocenters. The van der Waals surface area contributed by atoms with Crippen LogP contribution >= 0.6 is 11.8 Å². The smallest absolute Gasteiger partial charge is 0.294 e. The van der Waals surface area contributed by atoms with Crippen LogP contribution in [0.4, 0.5) is 4.79 Å². The number of fused-ring (bicyclic) bond motifs is 1. The van der Waals surface area contributed by atoms with Gasteiger partial charge >= 0.3 is 0 Å². The van der Waals surface area contributed by atoms with Crippen molar-refractivity contribution in [1.82, 2.24) is 4.90 Å². The number of carbonyl (C=O) groups excluding carboxylic acids is 3. The molecule has 0 atom stereocenters. The van der Waals surface area contributed by atoms with Gasteiger partial charge in [0.15, 0.2) is 0 Å². The van der Waals surface area contributed by atoms with Crippen molar-refractivity contribution >= 4 is 45.7 Å². The minimum atomic E-state index is -1.24. The molecule has 0 aliphatic carbocycles. The van der Waals surface area contributed by atoms with Crippen LogP contribution in [0.1, 0.15) is 21.5 Å².